The number of carboxylic acids is 1. The zero-order chi connectivity index (χ0) is 58.4. The number of esters is 3. The SMILES string of the molecule is C=CCOC(=O)c1ccnc(/C=C2/C(=O)N3C2S[C@@](C)(CO)[C@@H]3C(=O)OC(c2ccccc2)c2ccccc2)c1.C[C@@]1(CO)SC2/C(=C\c3cc(C(=O)O)ccn3)C(=O)N2[C@H]1C(=O)OC(c1ccccc1)c1ccccc1.O=O.O=O. The molecule has 4 aromatic carbocycles. The molecule has 22 heteroatoms. The number of ether oxygens (including phenoxy) is 3. The number of hydrogen-bond acceptors (Lipinski definition) is 19. The van der Waals surface area contributed by atoms with Gasteiger partial charge in [-0.15, -0.1) is 23.5 Å². The molecule has 4 saturated heterocycles. The number of nitrogens with zero attached hydrogens (tertiary/aromatic N) is 4. The predicted octanol–water partition coefficient (Wildman–Crippen LogP) is 7.84. The first-order chi connectivity index (χ1) is 39.2. The summed E-state index contributed by atoms with van der Waals surface area (Å²) >= 11 is 2.63. The number of aromatic nitrogens is 2. The monoisotopic (exact) mass is 1140 g/mol. The summed E-state index contributed by atoms with van der Waals surface area (Å²) < 4.78 is 15.2. The Balaban J connectivity index is 0.000000221. The number of carbonyl (C=O) groups excluding carboxylic acids is 5. The van der Waals surface area contributed by atoms with Crippen LogP contribution in [0.25, 0.3) is 12.2 Å². The van der Waals surface area contributed by atoms with E-state index in [2.05, 4.69) is 16.5 Å². The number of fused-ring (bicyclic) bond motifs is 2. The number of amides is 2. The number of thioether (sulfide) groups is 2. The summed E-state index contributed by atoms with van der Waals surface area (Å²) in [6.07, 6.45) is 6.07. The van der Waals surface area contributed by atoms with Crippen LogP contribution < -0.4 is 0 Å². The highest BCUT2D eigenvalue weighted by Gasteiger charge is 2.65. The maximum Gasteiger partial charge on any atom is 0.338 e. The topological polar surface area (TPSA) is 291 Å². The molecule has 2 amide bonds. The van der Waals surface area contributed by atoms with Gasteiger partial charge in [0, 0.05) is 32.3 Å². The van der Waals surface area contributed by atoms with E-state index in [0.717, 1.165) is 22.3 Å². The summed E-state index contributed by atoms with van der Waals surface area (Å²) in [4.78, 5) is 117. The van der Waals surface area contributed by atoms with Gasteiger partial charge in [-0.25, -0.2) is 19.2 Å². The van der Waals surface area contributed by atoms with Crippen molar-refractivity contribution in [3.63, 3.8) is 0 Å². The number of benzene rings is 4. The Kier molecular flexibility index (Phi) is 19.7. The Hall–Kier alpha value is -8.96. The van der Waals surface area contributed by atoms with E-state index in [1.165, 1.54) is 82.1 Å². The Morgan fingerprint density at radius 3 is 1.27 bits per heavy atom. The fourth-order valence-corrected chi connectivity index (χ4v) is 12.6. The number of aromatic carboxylic acids is 1. The first kappa shape index (κ1) is 59.7. The molecule has 0 spiro atoms. The number of aliphatic hydroxyl groups is 2. The van der Waals surface area contributed by atoms with Crippen molar-refractivity contribution in [1.82, 2.24) is 19.8 Å². The van der Waals surface area contributed by atoms with Crippen molar-refractivity contribution in [1.29, 1.82) is 0 Å². The van der Waals surface area contributed by atoms with E-state index in [9.17, 15) is 44.1 Å². The zero-order valence-corrected chi connectivity index (χ0v) is 44.9. The molecule has 81 heavy (non-hydrogen) atoms. The van der Waals surface area contributed by atoms with Crippen molar-refractivity contribution >= 4 is 71.4 Å². The second kappa shape index (κ2) is 26.8. The van der Waals surface area contributed by atoms with Crippen LogP contribution in [0.1, 0.15) is 80.4 Å². The zero-order valence-electron chi connectivity index (χ0n) is 43.3. The van der Waals surface area contributed by atoms with Crippen LogP contribution in [0.5, 0.6) is 0 Å². The number of β-lactam (4-membered cyclic amide) rings is 2. The van der Waals surface area contributed by atoms with E-state index in [1.807, 2.05) is 121 Å². The Morgan fingerprint density at radius 1 is 0.593 bits per heavy atom. The summed E-state index contributed by atoms with van der Waals surface area (Å²) in [5, 5.41) is 28.9. The average Bonchev–Trinajstić information content (AvgIpc) is 4.19. The smallest absolute Gasteiger partial charge is 0.338 e. The van der Waals surface area contributed by atoms with Crippen LogP contribution in [-0.2, 0) is 33.4 Å². The van der Waals surface area contributed by atoms with Crippen LogP contribution in [-0.4, -0.2) is 123 Å². The second-order valence-electron chi connectivity index (χ2n) is 18.7. The van der Waals surface area contributed by atoms with Gasteiger partial charge in [0.05, 0.1) is 56.4 Å². The van der Waals surface area contributed by atoms with Crippen molar-refractivity contribution in [2.45, 2.75) is 58.4 Å². The van der Waals surface area contributed by atoms with Crippen LogP contribution in [0.4, 0.5) is 0 Å². The van der Waals surface area contributed by atoms with E-state index in [-0.39, 0.29) is 37.2 Å². The van der Waals surface area contributed by atoms with Crippen LogP contribution in [0.2, 0.25) is 0 Å². The summed E-state index contributed by atoms with van der Waals surface area (Å²) in [5.41, 5.74) is 5.05. The molecule has 10 rings (SSSR count). The van der Waals surface area contributed by atoms with Gasteiger partial charge in [-0.05, 0) is 72.5 Å². The lowest BCUT2D eigenvalue weighted by molar-refractivity contribution is -0.161. The van der Waals surface area contributed by atoms with Crippen LogP contribution in [0, 0.1) is 19.9 Å². The Bertz CT molecular complexity index is 3240. The van der Waals surface area contributed by atoms with Gasteiger partial charge in [0.2, 0.25) is 0 Å². The van der Waals surface area contributed by atoms with Gasteiger partial charge in [0.1, 0.15) is 29.4 Å². The minimum Gasteiger partial charge on any atom is -0.478 e. The van der Waals surface area contributed by atoms with Gasteiger partial charge in [-0.3, -0.25) is 19.6 Å². The molecule has 2 unspecified atom stereocenters. The van der Waals surface area contributed by atoms with Gasteiger partial charge in [-0.2, -0.15) is 0 Å². The van der Waals surface area contributed by atoms with E-state index >= 15 is 0 Å². The molecule has 20 nitrogen and oxygen atoms in total. The maximum absolute atomic E-state index is 13.8. The number of carboxylic acid groups (broad SMARTS) is 1. The quantitative estimate of drug-likeness (QED) is 0.0273. The third-order valence-corrected chi connectivity index (χ3v) is 16.6. The van der Waals surface area contributed by atoms with Crippen LogP contribution in [0.15, 0.2) is 182 Å². The molecule has 0 radical (unpaired) electrons. The van der Waals surface area contributed by atoms with Crippen molar-refractivity contribution in [3.8, 4) is 0 Å². The van der Waals surface area contributed by atoms with E-state index < -0.39 is 68.4 Å². The summed E-state index contributed by atoms with van der Waals surface area (Å²) in [7, 11) is 0. The maximum atomic E-state index is 13.8. The lowest BCUT2D eigenvalue weighted by Gasteiger charge is -2.40. The minimum atomic E-state index is -1.10. The molecule has 6 atom stereocenters. The van der Waals surface area contributed by atoms with Crippen molar-refractivity contribution in [2.24, 2.45) is 0 Å². The van der Waals surface area contributed by atoms with Gasteiger partial charge < -0.3 is 39.3 Å². The first-order valence-electron chi connectivity index (χ1n) is 24.7. The fourth-order valence-electron chi connectivity index (χ4n) is 9.48. The highest BCUT2D eigenvalue weighted by molar-refractivity contribution is 8.02. The highest BCUT2D eigenvalue weighted by atomic mass is 32.2. The molecule has 3 N–H and O–H groups in total. The van der Waals surface area contributed by atoms with E-state index in [1.54, 1.807) is 19.9 Å². The molecule has 4 aliphatic heterocycles. The Labute approximate surface area is 472 Å². The van der Waals surface area contributed by atoms with Crippen molar-refractivity contribution in [3.05, 3.63) is 246 Å². The third-order valence-electron chi connectivity index (χ3n) is 13.4. The first-order valence-corrected chi connectivity index (χ1v) is 26.5. The van der Waals surface area contributed by atoms with Crippen molar-refractivity contribution in [2.75, 3.05) is 19.8 Å². The molecule has 416 valence electrons. The van der Waals surface area contributed by atoms with Crippen molar-refractivity contribution < 1.29 is 58.3 Å². The number of pyridine rings is 2. The molecular formula is C59H52N4O16S2. The standard InChI is InChI=1S/C31H28N2O6S.C28H24N2O6S.2O2/c1-3-16-38-29(36)22-14-15-32-23(17-22)18-24-27(35)33-26(31(2,19-34)40-28(24)33)30(37)39-25(20-10-6-4-7-11-20)21-12-8-5-9-13-21;1-28(16-31)23(27(35)36-22(17-8-4-2-5-9-17)18-10-6-3-7-11-18)30-24(32)21(25(30)37-28)15-20-14-19(26(33)34)12-13-29-20;2*1-2/h3-15,17-18,25-26,28,34H,1,16,19H2,2H3;2-15,22-23,25,31H,16H2,1H3,(H,33,34);;/b24-18-;21-15-;;/t26-,28?,31-;23-,25?,28-;;/m00../s1. The predicted molar refractivity (Wildman–Crippen MR) is 302 cm³/mol. The van der Waals surface area contributed by atoms with E-state index in [4.69, 9.17) is 34.1 Å². The molecule has 0 bridgehead atoms. The van der Waals surface area contributed by atoms with Gasteiger partial charge >= 0.3 is 23.9 Å². The normalized spacial score (nSPS) is 22.0. The summed E-state index contributed by atoms with van der Waals surface area (Å²) in [6.45, 7) is 6.41. The molecule has 6 heterocycles. The summed E-state index contributed by atoms with van der Waals surface area (Å²) in [5.74, 6) is -3.56. The molecule has 0 aliphatic carbocycles. The number of carbonyl (C=O) groups is 6. The lowest BCUT2D eigenvalue weighted by atomic mass is 9.94. The highest BCUT2D eigenvalue weighted by Crippen LogP contribution is 2.55. The molecule has 4 fully saturated rings. The van der Waals surface area contributed by atoms with E-state index in [0.29, 0.717) is 28.1 Å². The third kappa shape index (κ3) is 12.7. The molecular weight excluding hydrogens is 1080 g/mol. The van der Waals surface area contributed by atoms with Crippen LogP contribution in [0.3, 0.4) is 0 Å². The molecule has 4 aliphatic rings. The minimum absolute atomic E-state index is 0.0547. The van der Waals surface area contributed by atoms with Crippen LogP contribution >= 0.6 is 23.5 Å². The number of hydrogen-bond donors (Lipinski definition) is 3. The number of aliphatic hydroxyl groups excluding tert-OH is 2. The van der Waals surface area contributed by atoms with Gasteiger partial charge in [0.25, 0.3) is 11.8 Å². The molecule has 2 aromatic heterocycles. The Morgan fingerprint density at radius 2 is 0.938 bits per heavy atom. The molecule has 0 saturated carbocycles. The summed E-state index contributed by atoms with van der Waals surface area (Å²) in [6, 6.07) is 41.3. The molecule has 6 aromatic rings. The second-order valence-corrected chi connectivity index (χ2v) is 21.9. The lowest BCUT2D eigenvalue weighted by Crippen LogP contribution is -2.59. The fraction of sp³-hybridized carbons (Fsp3) is 0.220. The van der Waals surface area contributed by atoms with Gasteiger partial charge in [0.15, 0.2) is 12.2 Å². The van der Waals surface area contributed by atoms with Gasteiger partial charge in [-0.1, -0.05) is 134 Å². The number of rotatable bonds is 16. The largest absolute Gasteiger partial charge is 0.478 e. The average molecular weight is 1140 g/mol.